The molecule has 0 spiro atoms. The third-order valence-electron chi connectivity index (χ3n) is 4.96. The number of aryl methyl sites for hydroxylation is 3. The normalized spacial score (nSPS) is 10.7. The van der Waals surface area contributed by atoms with Crippen molar-refractivity contribution < 1.29 is 9.59 Å². The zero-order chi connectivity index (χ0) is 22.0. The number of hydrogen-bond acceptors (Lipinski definition) is 4. The van der Waals surface area contributed by atoms with E-state index in [2.05, 4.69) is 20.9 Å². The molecular weight excluding hydrogens is 408 g/mol. The van der Waals surface area contributed by atoms with Crippen molar-refractivity contribution in [2.24, 2.45) is 0 Å². The molecule has 31 heavy (non-hydrogen) atoms. The number of thiazole rings is 1. The fourth-order valence-electron chi connectivity index (χ4n) is 3.19. The SMILES string of the molecule is Cc1ccc(NC(=O)Nc2cc(C)c3nc(NC(=O)c4ccccc4)sc3c2)cc1C. The number of benzene rings is 3. The van der Waals surface area contributed by atoms with Crippen LogP contribution in [0.4, 0.5) is 21.3 Å². The van der Waals surface area contributed by atoms with Crippen molar-refractivity contribution in [1.29, 1.82) is 0 Å². The summed E-state index contributed by atoms with van der Waals surface area (Å²) in [5.41, 5.74) is 5.97. The number of nitrogens with zero attached hydrogens (tertiary/aromatic N) is 1. The number of carbonyl (C=O) groups is 2. The number of carbonyl (C=O) groups excluding carboxylic acids is 2. The number of rotatable bonds is 4. The number of amides is 3. The van der Waals surface area contributed by atoms with Gasteiger partial charge in [0.25, 0.3) is 5.91 Å². The van der Waals surface area contributed by atoms with E-state index in [0.717, 1.165) is 27.0 Å². The van der Waals surface area contributed by atoms with Gasteiger partial charge in [-0.05, 0) is 73.9 Å². The molecule has 3 N–H and O–H groups in total. The number of hydrogen-bond donors (Lipinski definition) is 3. The van der Waals surface area contributed by atoms with E-state index in [4.69, 9.17) is 0 Å². The lowest BCUT2D eigenvalue weighted by atomic mass is 10.1. The largest absolute Gasteiger partial charge is 0.323 e. The van der Waals surface area contributed by atoms with E-state index < -0.39 is 0 Å². The first-order valence-corrected chi connectivity index (χ1v) is 10.6. The molecule has 0 saturated carbocycles. The second kappa shape index (κ2) is 8.57. The summed E-state index contributed by atoms with van der Waals surface area (Å²) in [5, 5.41) is 9.09. The van der Waals surface area contributed by atoms with Gasteiger partial charge in [-0.1, -0.05) is 35.6 Å². The highest BCUT2D eigenvalue weighted by Crippen LogP contribution is 2.31. The van der Waals surface area contributed by atoms with Gasteiger partial charge in [0.05, 0.1) is 10.2 Å². The summed E-state index contributed by atoms with van der Waals surface area (Å²) in [4.78, 5) is 29.4. The van der Waals surface area contributed by atoms with Crippen LogP contribution in [0.3, 0.4) is 0 Å². The fourth-order valence-corrected chi connectivity index (χ4v) is 4.17. The quantitative estimate of drug-likeness (QED) is 0.365. The Bertz CT molecular complexity index is 1280. The first-order valence-electron chi connectivity index (χ1n) is 9.82. The standard InChI is InChI=1S/C24H22N4O2S/c1-14-9-10-18(11-15(14)2)25-23(30)26-19-12-16(3)21-20(13-19)31-24(27-21)28-22(29)17-7-5-4-6-8-17/h4-13H,1-3H3,(H2,25,26,30)(H,27,28,29). The Hall–Kier alpha value is -3.71. The number of nitrogens with one attached hydrogen (secondary N) is 3. The van der Waals surface area contributed by atoms with Crippen LogP contribution in [0.25, 0.3) is 10.2 Å². The highest BCUT2D eigenvalue weighted by molar-refractivity contribution is 7.22. The van der Waals surface area contributed by atoms with E-state index >= 15 is 0 Å². The van der Waals surface area contributed by atoms with Crippen molar-refractivity contribution in [2.45, 2.75) is 20.8 Å². The maximum atomic E-state index is 12.4. The average molecular weight is 431 g/mol. The Morgan fingerprint density at radius 2 is 1.48 bits per heavy atom. The molecule has 7 heteroatoms. The van der Waals surface area contributed by atoms with Gasteiger partial charge < -0.3 is 10.6 Å². The van der Waals surface area contributed by atoms with Crippen LogP contribution in [0.5, 0.6) is 0 Å². The Labute approximate surface area is 184 Å². The molecule has 0 fully saturated rings. The number of fused-ring (bicyclic) bond motifs is 1. The summed E-state index contributed by atoms with van der Waals surface area (Å²) in [5.74, 6) is -0.205. The van der Waals surface area contributed by atoms with Crippen LogP contribution in [-0.2, 0) is 0 Å². The Morgan fingerprint density at radius 3 is 2.23 bits per heavy atom. The summed E-state index contributed by atoms with van der Waals surface area (Å²) in [6.45, 7) is 5.97. The van der Waals surface area contributed by atoms with Crippen LogP contribution in [0.1, 0.15) is 27.0 Å². The topological polar surface area (TPSA) is 83.1 Å². The van der Waals surface area contributed by atoms with E-state index in [1.807, 2.05) is 69.3 Å². The van der Waals surface area contributed by atoms with Gasteiger partial charge in [-0.15, -0.1) is 0 Å². The monoisotopic (exact) mass is 430 g/mol. The zero-order valence-corrected chi connectivity index (χ0v) is 18.3. The van der Waals surface area contributed by atoms with E-state index in [9.17, 15) is 9.59 Å². The van der Waals surface area contributed by atoms with E-state index in [-0.39, 0.29) is 11.9 Å². The molecule has 0 radical (unpaired) electrons. The Balaban J connectivity index is 1.49. The fraction of sp³-hybridized carbons (Fsp3) is 0.125. The Kier molecular flexibility index (Phi) is 5.68. The minimum atomic E-state index is -0.316. The molecule has 0 aliphatic rings. The average Bonchev–Trinajstić information content (AvgIpc) is 3.14. The number of anilines is 3. The Morgan fingerprint density at radius 1 is 0.774 bits per heavy atom. The molecule has 1 heterocycles. The zero-order valence-electron chi connectivity index (χ0n) is 17.4. The molecule has 156 valence electrons. The van der Waals surface area contributed by atoms with Crippen LogP contribution >= 0.6 is 11.3 Å². The van der Waals surface area contributed by atoms with E-state index in [1.54, 1.807) is 12.1 Å². The number of urea groups is 1. The molecule has 0 atom stereocenters. The van der Waals surface area contributed by atoms with E-state index in [1.165, 1.54) is 16.9 Å². The molecule has 3 amide bonds. The molecule has 3 aromatic carbocycles. The lowest BCUT2D eigenvalue weighted by Crippen LogP contribution is -2.19. The van der Waals surface area contributed by atoms with Crippen molar-refractivity contribution in [3.05, 3.63) is 82.9 Å². The van der Waals surface area contributed by atoms with Gasteiger partial charge in [0, 0.05) is 16.9 Å². The van der Waals surface area contributed by atoms with Crippen LogP contribution < -0.4 is 16.0 Å². The molecular formula is C24H22N4O2S. The summed E-state index contributed by atoms with van der Waals surface area (Å²) in [6.07, 6.45) is 0. The van der Waals surface area contributed by atoms with Crippen LogP contribution in [0, 0.1) is 20.8 Å². The van der Waals surface area contributed by atoms with Crippen LogP contribution in [-0.4, -0.2) is 16.9 Å². The van der Waals surface area contributed by atoms with Gasteiger partial charge in [-0.2, -0.15) is 0 Å². The first kappa shape index (κ1) is 20.6. The first-order chi connectivity index (χ1) is 14.9. The second-order valence-electron chi connectivity index (χ2n) is 7.36. The summed E-state index contributed by atoms with van der Waals surface area (Å²) in [7, 11) is 0. The van der Waals surface area contributed by atoms with Gasteiger partial charge in [-0.25, -0.2) is 9.78 Å². The highest BCUT2D eigenvalue weighted by Gasteiger charge is 2.13. The predicted octanol–water partition coefficient (Wildman–Crippen LogP) is 6.12. The summed E-state index contributed by atoms with van der Waals surface area (Å²) < 4.78 is 0.879. The molecule has 4 aromatic rings. The molecule has 0 saturated heterocycles. The van der Waals surface area contributed by atoms with Gasteiger partial charge in [0.1, 0.15) is 0 Å². The second-order valence-corrected chi connectivity index (χ2v) is 8.39. The molecule has 6 nitrogen and oxygen atoms in total. The molecule has 0 bridgehead atoms. The van der Waals surface area contributed by atoms with Gasteiger partial charge >= 0.3 is 6.03 Å². The lowest BCUT2D eigenvalue weighted by Gasteiger charge is -2.10. The third-order valence-corrected chi connectivity index (χ3v) is 5.88. The molecule has 1 aromatic heterocycles. The van der Waals surface area contributed by atoms with Gasteiger partial charge in [0.15, 0.2) is 5.13 Å². The van der Waals surface area contributed by atoms with Crippen molar-refractivity contribution in [3.63, 3.8) is 0 Å². The van der Waals surface area contributed by atoms with Gasteiger partial charge in [0.2, 0.25) is 0 Å². The maximum absolute atomic E-state index is 12.4. The highest BCUT2D eigenvalue weighted by atomic mass is 32.1. The maximum Gasteiger partial charge on any atom is 0.323 e. The van der Waals surface area contributed by atoms with Crippen molar-refractivity contribution in [1.82, 2.24) is 4.98 Å². The summed E-state index contributed by atoms with van der Waals surface area (Å²) >= 11 is 1.37. The molecule has 0 aliphatic heterocycles. The molecule has 0 unspecified atom stereocenters. The lowest BCUT2D eigenvalue weighted by molar-refractivity contribution is 0.102. The summed E-state index contributed by atoms with van der Waals surface area (Å²) in [6, 6.07) is 18.2. The predicted molar refractivity (Wildman–Crippen MR) is 127 cm³/mol. The smallest absolute Gasteiger partial charge is 0.308 e. The minimum absolute atomic E-state index is 0.205. The van der Waals surface area contributed by atoms with E-state index in [0.29, 0.717) is 16.4 Å². The molecule has 0 aliphatic carbocycles. The van der Waals surface area contributed by atoms with Crippen molar-refractivity contribution >= 4 is 50.0 Å². The molecule has 4 rings (SSSR count). The van der Waals surface area contributed by atoms with Crippen LogP contribution in [0.15, 0.2) is 60.7 Å². The van der Waals surface area contributed by atoms with Crippen molar-refractivity contribution in [2.75, 3.05) is 16.0 Å². The van der Waals surface area contributed by atoms with Crippen molar-refractivity contribution in [3.8, 4) is 0 Å². The third kappa shape index (κ3) is 4.73. The number of aromatic nitrogens is 1. The van der Waals surface area contributed by atoms with Crippen LogP contribution in [0.2, 0.25) is 0 Å². The van der Waals surface area contributed by atoms with Gasteiger partial charge in [-0.3, -0.25) is 10.1 Å². The minimum Gasteiger partial charge on any atom is -0.308 e.